The van der Waals surface area contributed by atoms with E-state index in [0.717, 1.165) is 5.56 Å². The van der Waals surface area contributed by atoms with Crippen molar-refractivity contribution in [3.05, 3.63) is 53.6 Å². The van der Waals surface area contributed by atoms with Gasteiger partial charge in [-0.25, -0.2) is 8.42 Å². The van der Waals surface area contributed by atoms with Crippen molar-refractivity contribution in [1.29, 1.82) is 0 Å². The van der Waals surface area contributed by atoms with Gasteiger partial charge in [-0.1, -0.05) is 24.3 Å². The lowest BCUT2D eigenvalue weighted by atomic mass is 10.1. The van der Waals surface area contributed by atoms with E-state index in [9.17, 15) is 18.0 Å². The first-order valence-electron chi connectivity index (χ1n) is 8.67. The number of amides is 1. The Hall–Kier alpha value is -2.87. The quantitative estimate of drug-likeness (QED) is 0.607. The van der Waals surface area contributed by atoms with Crippen molar-refractivity contribution in [2.24, 2.45) is 0 Å². The molecule has 0 fully saturated rings. The Morgan fingerprint density at radius 2 is 1.75 bits per heavy atom. The molecule has 0 aromatic heterocycles. The maximum atomic E-state index is 12.1. The molecule has 7 nitrogen and oxygen atoms in total. The molecule has 0 radical (unpaired) electrons. The fourth-order valence-electron chi connectivity index (χ4n) is 2.76. The number of methoxy groups -OCH3 is 2. The molecule has 0 heterocycles. The Bertz CT molecular complexity index is 939. The molecule has 0 unspecified atom stereocenters. The summed E-state index contributed by atoms with van der Waals surface area (Å²) in [5.41, 5.74) is 1.37. The van der Waals surface area contributed by atoms with E-state index in [2.05, 4.69) is 5.32 Å². The first-order valence-corrected chi connectivity index (χ1v) is 10.2. The summed E-state index contributed by atoms with van der Waals surface area (Å²) >= 11 is 0. The minimum absolute atomic E-state index is 0.0235. The monoisotopic (exact) mass is 405 g/mol. The molecule has 0 spiro atoms. The second kappa shape index (κ2) is 9.89. The van der Waals surface area contributed by atoms with Gasteiger partial charge in [-0.2, -0.15) is 0 Å². The molecule has 0 aliphatic carbocycles. The first-order chi connectivity index (χ1) is 13.4. The van der Waals surface area contributed by atoms with E-state index < -0.39 is 9.84 Å². The van der Waals surface area contributed by atoms with E-state index in [1.54, 1.807) is 38.5 Å². The van der Waals surface area contributed by atoms with Crippen molar-refractivity contribution in [3.63, 3.8) is 0 Å². The summed E-state index contributed by atoms with van der Waals surface area (Å²) in [6.45, 7) is 0.274. The van der Waals surface area contributed by atoms with Crippen molar-refractivity contribution >= 4 is 21.4 Å². The van der Waals surface area contributed by atoms with Crippen LogP contribution in [-0.2, 0) is 32.3 Å². The maximum Gasteiger partial charge on any atom is 0.238 e. The van der Waals surface area contributed by atoms with E-state index in [4.69, 9.17) is 9.47 Å². The van der Waals surface area contributed by atoms with Crippen molar-refractivity contribution in [2.45, 2.75) is 24.2 Å². The number of carbonyl (C=O) groups excluding carboxylic acids is 2. The van der Waals surface area contributed by atoms with Gasteiger partial charge in [-0.05, 0) is 42.2 Å². The summed E-state index contributed by atoms with van der Waals surface area (Å²) < 4.78 is 34.0. The molecule has 0 aliphatic heterocycles. The summed E-state index contributed by atoms with van der Waals surface area (Å²) in [5, 5.41) is 2.77. The molecule has 28 heavy (non-hydrogen) atoms. The molecule has 1 N–H and O–H groups in total. The average molecular weight is 405 g/mol. The van der Waals surface area contributed by atoms with E-state index in [1.807, 2.05) is 12.1 Å². The third kappa shape index (κ3) is 5.56. The van der Waals surface area contributed by atoms with Crippen LogP contribution in [0.1, 0.15) is 17.5 Å². The SMILES string of the molecule is COc1ccc(CCC(=O)NCCc2ccccc2S(=O)(=O)C=O)cc1OC. The summed E-state index contributed by atoms with van der Waals surface area (Å²) in [5.74, 6) is 1.08. The van der Waals surface area contributed by atoms with E-state index in [-0.39, 0.29) is 29.4 Å². The number of hydrogen-bond donors (Lipinski definition) is 1. The van der Waals surface area contributed by atoms with Gasteiger partial charge >= 0.3 is 0 Å². The lowest BCUT2D eigenvalue weighted by molar-refractivity contribution is -0.121. The van der Waals surface area contributed by atoms with Crippen LogP contribution in [0.2, 0.25) is 0 Å². The van der Waals surface area contributed by atoms with Gasteiger partial charge in [0.05, 0.1) is 19.1 Å². The van der Waals surface area contributed by atoms with Crippen LogP contribution in [-0.4, -0.2) is 40.7 Å². The third-order valence-corrected chi connectivity index (χ3v) is 5.48. The fraction of sp³-hybridized carbons (Fsp3) is 0.300. The van der Waals surface area contributed by atoms with Gasteiger partial charge < -0.3 is 14.8 Å². The lowest BCUT2D eigenvalue weighted by Gasteiger charge is -2.10. The molecule has 1 amide bonds. The molecule has 0 atom stereocenters. The van der Waals surface area contributed by atoms with E-state index in [0.29, 0.717) is 29.9 Å². The van der Waals surface area contributed by atoms with Gasteiger partial charge in [0.2, 0.25) is 21.4 Å². The van der Waals surface area contributed by atoms with Crippen LogP contribution in [0.25, 0.3) is 0 Å². The predicted octanol–water partition coefficient (Wildman–Crippen LogP) is 1.96. The second-order valence-electron chi connectivity index (χ2n) is 6.04. The van der Waals surface area contributed by atoms with Gasteiger partial charge in [0.1, 0.15) is 0 Å². The minimum Gasteiger partial charge on any atom is -0.493 e. The van der Waals surface area contributed by atoms with Crippen LogP contribution in [0.5, 0.6) is 11.5 Å². The summed E-state index contributed by atoms with van der Waals surface area (Å²) in [4.78, 5) is 22.8. The Labute approximate surface area is 164 Å². The van der Waals surface area contributed by atoms with Crippen LogP contribution in [0, 0.1) is 0 Å². The summed E-state index contributed by atoms with van der Waals surface area (Å²) in [6, 6.07) is 11.8. The average Bonchev–Trinajstić information content (AvgIpc) is 2.72. The molecule has 8 heteroatoms. The minimum atomic E-state index is -3.95. The number of aryl methyl sites for hydroxylation is 1. The summed E-state index contributed by atoms with van der Waals surface area (Å²) in [6.07, 6.45) is 1.12. The van der Waals surface area contributed by atoms with Crippen LogP contribution in [0.4, 0.5) is 0 Å². The zero-order valence-corrected chi connectivity index (χ0v) is 16.6. The molecule has 0 bridgehead atoms. The molecule has 0 saturated carbocycles. The third-order valence-electron chi connectivity index (χ3n) is 4.21. The smallest absolute Gasteiger partial charge is 0.238 e. The van der Waals surface area contributed by atoms with Crippen LogP contribution >= 0.6 is 0 Å². The molecular formula is C20H23NO6S. The van der Waals surface area contributed by atoms with Gasteiger partial charge in [0, 0.05) is 13.0 Å². The van der Waals surface area contributed by atoms with Crippen LogP contribution in [0.3, 0.4) is 0 Å². The second-order valence-corrected chi connectivity index (χ2v) is 7.76. The largest absolute Gasteiger partial charge is 0.493 e. The first kappa shape index (κ1) is 21.4. The standard InChI is InChI=1S/C20H23NO6S/c1-26-17-9-7-15(13-18(17)27-2)8-10-20(23)21-12-11-16-5-3-4-6-19(16)28(24,25)14-22/h3-7,9,13-14H,8,10-12H2,1-2H3,(H,21,23). The number of sulfone groups is 1. The highest BCUT2D eigenvalue weighted by molar-refractivity contribution is 8.04. The maximum absolute atomic E-state index is 12.1. The number of ether oxygens (including phenoxy) is 2. The Morgan fingerprint density at radius 3 is 2.43 bits per heavy atom. The zero-order valence-electron chi connectivity index (χ0n) is 15.8. The fourth-order valence-corrected chi connectivity index (χ4v) is 3.67. The lowest BCUT2D eigenvalue weighted by Crippen LogP contribution is -2.26. The van der Waals surface area contributed by atoms with Crippen LogP contribution in [0.15, 0.2) is 47.4 Å². The molecule has 150 valence electrons. The van der Waals surface area contributed by atoms with Crippen LogP contribution < -0.4 is 14.8 Å². The van der Waals surface area contributed by atoms with Gasteiger partial charge in [0.25, 0.3) is 0 Å². The Balaban J connectivity index is 1.88. The Morgan fingerprint density at radius 1 is 1.04 bits per heavy atom. The number of rotatable bonds is 10. The highest BCUT2D eigenvalue weighted by Gasteiger charge is 2.17. The number of nitrogens with one attached hydrogen (secondary N) is 1. The number of carbonyl (C=O) groups is 2. The molecule has 2 rings (SSSR count). The molecular weight excluding hydrogens is 382 g/mol. The zero-order chi connectivity index (χ0) is 20.6. The van der Waals surface area contributed by atoms with Gasteiger partial charge in [-0.3, -0.25) is 9.59 Å². The number of hydrogen-bond acceptors (Lipinski definition) is 6. The predicted molar refractivity (Wildman–Crippen MR) is 105 cm³/mol. The molecule has 2 aromatic carbocycles. The van der Waals surface area contributed by atoms with Crippen molar-refractivity contribution in [2.75, 3.05) is 20.8 Å². The molecule has 0 aliphatic rings. The summed E-state index contributed by atoms with van der Waals surface area (Å²) in [7, 11) is -0.842. The highest BCUT2D eigenvalue weighted by atomic mass is 32.2. The molecule has 0 saturated heterocycles. The van der Waals surface area contributed by atoms with Gasteiger partial charge in [-0.15, -0.1) is 0 Å². The van der Waals surface area contributed by atoms with E-state index >= 15 is 0 Å². The normalized spacial score (nSPS) is 10.9. The Kier molecular flexibility index (Phi) is 7.57. The van der Waals surface area contributed by atoms with E-state index in [1.165, 1.54) is 6.07 Å². The molecule has 2 aromatic rings. The van der Waals surface area contributed by atoms with Crippen molar-refractivity contribution in [3.8, 4) is 11.5 Å². The number of benzene rings is 2. The highest BCUT2D eigenvalue weighted by Crippen LogP contribution is 2.27. The van der Waals surface area contributed by atoms with Crippen molar-refractivity contribution < 1.29 is 27.5 Å². The van der Waals surface area contributed by atoms with Crippen molar-refractivity contribution in [1.82, 2.24) is 5.32 Å². The van der Waals surface area contributed by atoms with Gasteiger partial charge in [0.15, 0.2) is 11.5 Å². The topological polar surface area (TPSA) is 98.8 Å².